The minimum Gasteiger partial charge on any atom is -0.452 e. The van der Waals surface area contributed by atoms with Gasteiger partial charge in [-0.1, -0.05) is 48.5 Å². The summed E-state index contributed by atoms with van der Waals surface area (Å²) in [5, 5.41) is 5.66. The Kier molecular flexibility index (Phi) is 6.40. The molecule has 0 spiro atoms. The molecule has 33 heavy (non-hydrogen) atoms. The zero-order valence-electron chi connectivity index (χ0n) is 17.9. The molecule has 1 fully saturated rings. The minimum absolute atomic E-state index is 0.135. The number of anilines is 1. The molecular formula is C26H22ClN3OS2. The highest BCUT2D eigenvalue weighted by Gasteiger charge is 2.42. The lowest BCUT2D eigenvalue weighted by atomic mass is 10.0. The fourth-order valence-corrected chi connectivity index (χ4v) is 5.23. The fraction of sp³-hybridized carbons (Fsp3) is 0.154. The van der Waals surface area contributed by atoms with E-state index in [2.05, 4.69) is 46.4 Å². The molecular weight excluding hydrogens is 470 g/mol. The molecule has 5 rings (SSSR count). The van der Waals surface area contributed by atoms with Gasteiger partial charge >= 0.3 is 0 Å². The molecule has 2 atom stereocenters. The molecule has 7 heteroatoms. The van der Waals surface area contributed by atoms with Crippen molar-refractivity contribution in [3.05, 3.63) is 107 Å². The summed E-state index contributed by atoms with van der Waals surface area (Å²) in [4.78, 5) is 7.79. The molecule has 2 aromatic carbocycles. The van der Waals surface area contributed by atoms with Gasteiger partial charge in [0.1, 0.15) is 11.8 Å². The molecule has 0 radical (unpaired) electrons. The van der Waals surface area contributed by atoms with Gasteiger partial charge in [0, 0.05) is 21.8 Å². The van der Waals surface area contributed by atoms with E-state index in [1.54, 1.807) is 18.0 Å². The van der Waals surface area contributed by atoms with E-state index in [4.69, 9.17) is 28.2 Å². The molecule has 0 unspecified atom stereocenters. The molecule has 1 saturated heterocycles. The van der Waals surface area contributed by atoms with Crippen molar-refractivity contribution in [1.82, 2.24) is 10.3 Å². The maximum Gasteiger partial charge on any atom is 0.174 e. The van der Waals surface area contributed by atoms with Gasteiger partial charge < -0.3 is 14.6 Å². The van der Waals surface area contributed by atoms with Gasteiger partial charge in [0.15, 0.2) is 10.2 Å². The van der Waals surface area contributed by atoms with Crippen molar-refractivity contribution in [2.24, 2.45) is 0 Å². The molecule has 3 heterocycles. The van der Waals surface area contributed by atoms with Crippen LogP contribution in [0.15, 0.2) is 99.5 Å². The predicted molar refractivity (Wildman–Crippen MR) is 138 cm³/mol. The van der Waals surface area contributed by atoms with E-state index in [1.165, 1.54) is 5.56 Å². The summed E-state index contributed by atoms with van der Waals surface area (Å²) in [5.74, 6) is 0.828. The summed E-state index contributed by atoms with van der Waals surface area (Å²) < 4.78 is 6.36. The topological polar surface area (TPSA) is 41.3 Å². The van der Waals surface area contributed by atoms with Crippen LogP contribution in [0.4, 0.5) is 5.69 Å². The molecule has 0 amide bonds. The SMILES string of the molecule is CCc1ccc(N2C(=S)N[C@@H](c3ccccn3)[C@@H]2c2ccc(Sc3ccc(Cl)cc3)o2)cc1. The zero-order valence-corrected chi connectivity index (χ0v) is 20.3. The van der Waals surface area contributed by atoms with Gasteiger partial charge in [0.05, 0.1) is 11.7 Å². The Hall–Kier alpha value is -2.80. The van der Waals surface area contributed by atoms with Gasteiger partial charge in [0.2, 0.25) is 0 Å². The molecule has 1 aliphatic heterocycles. The number of rotatable bonds is 6. The van der Waals surface area contributed by atoms with Crippen LogP contribution < -0.4 is 10.2 Å². The first kappa shape index (κ1) is 22.0. The average molecular weight is 492 g/mol. The predicted octanol–water partition coefficient (Wildman–Crippen LogP) is 7.22. The lowest BCUT2D eigenvalue weighted by molar-refractivity contribution is 0.383. The molecule has 0 saturated carbocycles. The van der Waals surface area contributed by atoms with Crippen molar-refractivity contribution < 1.29 is 4.42 Å². The van der Waals surface area contributed by atoms with Gasteiger partial charge in [-0.25, -0.2) is 0 Å². The van der Waals surface area contributed by atoms with E-state index >= 15 is 0 Å². The summed E-state index contributed by atoms with van der Waals surface area (Å²) in [6.45, 7) is 2.15. The molecule has 4 nitrogen and oxygen atoms in total. The molecule has 166 valence electrons. The summed E-state index contributed by atoms with van der Waals surface area (Å²) in [6, 6.07) is 25.9. The van der Waals surface area contributed by atoms with Crippen LogP contribution in [0.25, 0.3) is 0 Å². The van der Waals surface area contributed by atoms with E-state index in [-0.39, 0.29) is 12.1 Å². The first-order valence-corrected chi connectivity index (χ1v) is 12.4. The summed E-state index contributed by atoms with van der Waals surface area (Å²) in [7, 11) is 0. The second-order valence-electron chi connectivity index (χ2n) is 7.73. The van der Waals surface area contributed by atoms with E-state index in [1.807, 2.05) is 54.6 Å². The van der Waals surface area contributed by atoms with Gasteiger partial charge in [0.25, 0.3) is 0 Å². The largest absolute Gasteiger partial charge is 0.452 e. The van der Waals surface area contributed by atoms with Gasteiger partial charge in [-0.2, -0.15) is 0 Å². The summed E-state index contributed by atoms with van der Waals surface area (Å²) in [5.41, 5.74) is 3.23. The highest BCUT2D eigenvalue weighted by atomic mass is 35.5. The van der Waals surface area contributed by atoms with Gasteiger partial charge in [-0.15, -0.1) is 0 Å². The summed E-state index contributed by atoms with van der Waals surface area (Å²) >= 11 is 13.4. The number of aryl methyl sites for hydroxylation is 1. The number of aromatic nitrogens is 1. The Morgan fingerprint density at radius 1 is 1.03 bits per heavy atom. The monoisotopic (exact) mass is 491 g/mol. The Morgan fingerprint density at radius 2 is 1.82 bits per heavy atom. The van der Waals surface area contributed by atoms with Crippen LogP contribution in [0.2, 0.25) is 5.02 Å². The van der Waals surface area contributed by atoms with E-state index in [9.17, 15) is 0 Å². The Labute approximate surface area is 208 Å². The fourth-order valence-electron chi connectivity index (χ4n) is 3.98. The van der Waals surface area contributed by atoms with E-state index < -0.39 is 0 Å². The lowest BCUT2D eigenvalue weighted by Gasteiger charge is -2.26. The Morgan fingerprint density at radius 3 is 2.52 bits per heavy atom. The molecule has 1 N–H and O–H groups in total. The van der Waals surface area contributed by atoms with Crippen molar-refractivity contribution in [1.29, 1.82) is 0 Å². The van der Waals surface area contributed by atoms with Gasteiger partial charge in [-0.3, -0.25) is 4.98 Å². The third-order valence-electron chi connectivity index (χ3n) is 5.65. The third kappa shape index (κ3) is 4.64. The highest BCUT2D eigenvalue weighted by molar-refractivity contribution is 7.99. The number of thiocarbonyl (C=S) groups is 1. The second-order valence-corrected chi connectivity index (χ2v) is 9.63. The number of nitrogens with zero attached hydrogens (tertiary/aromatic N) is 2. The number of furan rings is 1. The van der Waals surface area contributed by atoms with Crippen LogP contribution in [0.3, 0.4) is 0 Å². The number of nitrogens with one attached hydrogen (secondary N) is 1. The van der Waals surface area contributed by atoms with Crippen molar-refractivity contribution in [2.45, 2.75) is 35.4 Å². The number of hydrogen-bond donors (Lipinski definition) is 1. The number of halogens is 1. The van der Waals surface area contributed by atoms with Gasteiger partial charge in [-0.05, 0) is 84.9 Å². The maximum absolute atomic E-state index is 6.36. The normalized spacial score (nSPS) is 17.9. The van der Waals surface area contributed by atoms with Crippen molar-refractivity contribution >= 4 is 46.4 Å². The third-order valence-corrected chi connectivity index (χ3v) is 7.14. The minimum atomic E-state index is -0.167. The first-order valence-electron chi connectivity index (χ1n) is 10.7. The van der Waals surface area contributed by atoms with Crippen molar-refractivity contribution in [2.75, 3.05) is 4.90 Å². The number of benzene rings is 2. The molecule has 0 bridgehead atoms. The average Bonchev–Trinajstić information content (AvgIpc) is 3.45. The van der Waals surface area contributed by atoms with E-state index in [0.29, 0.717) is 10.1 Å². The van der Waals surface area contributed by atoms with Crippen LogP contribution in [0.1, 0.15) is 36.0 Å². The van der Waals surface area contributed by atoms with E-state index in [0.717, 1.165) is 33.6 Å². The molecule has 2 aromatic heterocycles. The van der Waals surface area contributed by atoms with Crippen molar-refractivity contribution in [3.63, 3.8) is 0 Å². The first-order chi connectivity index (χ1) is 16.1. The molecule has 1 aliphatic rings. The standard InChI is InChI=1S/C26H22ClN3OS2/c1-2-17-6-10-19(11-7-17)30-25(24(29-26(30)32)21-5-3-4-16-28-21)22-14-15-23(31-22)33-20-12-8-18(27)9-13-20/h3-16,24-25H,2H2,1H3,(H,29,32)/t24-,25-/m0/s1. The Balaban J connectivity index is 1.51. The van der Waals surface area contributed by atoms with Crippen LogP contribution >= 0.6 is 35.6 Å². The van der Waals surface area contributed by atoms with Crippen LogP contribution in [-0.4, -0.2) is 10.1 Å². The highest BCUT2D eigenvalue weighted by Crippen LogP contribution is 2.43. The summed E-state index contributed by atoms with van der Waals surface area (Å²) in [6.07, 6.45) is 2.80. The molecule has 4 aromatic rings. The second kappa shape index (κ2) is 9.59. The smallest absolute Gasteiger partial charge is 0.174 e. The zero-order chi connectivity index (χ0) is 22.8. The number of hydrogen-bond acceptors (Lipinski definition) is 4. The maximum atomic E-state index is 6.36. The van der Waals surface area contributed by atoms with Crippen LogP contribution in [-0.2, 0) is 6.42 Å². The lowest BCUT2D eigenvalue weighted by Crippen LogP contribution is -2.29. The van der Waals surface area contributed by atoms with Crippen LogP contribution in [0, 0.1) is 0 Å². The quantitative estimate of drug-likeness (QED) is 0.287. The van der Waals surface area contributed by atoms with Crippen LogP contribution in [0.5, 0.6) is 0 Å². The Bertz CT molecular complexity index is 1240. The number of pyridine rings is 1. The van der Waals surface area contributed by atoms with Crippen molar-refractivity contribution in [3.8, 4) is 0 Å². The molecule has 0 aliphatic carbocycles.